The van der Waals surface area contributed by atoms with Crippen LogP contribution < -0.4 is 15.4 Å². The first-order chi connectivity index (χ1) is 12.6. The van der Waals surface area contributed by atoms with Crippen molar-refractivity contribution in [1.29, 1.82) is 0 Å². The Morgan fingerprint density at radius 3 is 2.65 bits per heavy atom. The summed E-state index contributed by atoms with van der Waals surface area (Å²) in [6.45, 7) is 2.15. The number of amides is 2. The highest BCUT2D eigenvalue weighted by molar-refractivity contribution is 5.95. The number of ether oxygens (including phenoxy) is 2. The molecular weight excluding hydrogens is 332 g/mol. The number of hydrogen-bond acceptors (Lipinski definition) is 4. The molecule has 1 aromatic rings. The number of rotatable bonds is 5. The molecule has 0 aromatic heterocycles. The third-order valence-corrected chi connectivity index (χ3v) is 5.11. The van der Waals surface area contributed by atoms with Gasteiger partial charge >= 0.3 is 12.0 Å². The van der Waals surface area contributed by atoms with Crippen LogP contribution in [0, 0.1) is 5.92 Å². The lowest BCUT2D eigenvalue weighted by molar-refractivity contribution is -0.141. The van der Waals surface area contributed by atoms with Gasteiger partial charge in [0.15, 0.2) is 0 Å². The van der Waals surface area contributed by atoms with Gasteiger partial charge in [0.05, 0.1) is 25.3 Å². The zero-order chi connectivity index (χ0) is 18.5. The van der Waals surface area contributed by atoms with E-state index in [-0.39, 0.29) is 6.03 Å². The van der Waals surface area contributed by atoms with Crippen molar-refractivity contribution >= 4 is 12.0 Å². The smallest absolute Gasteiger partial charge is 0.338 e. The number of esters is 1. The minimum absolute atomic E-state index is 0.345. The largest absolute Gasteiger partial charge is 0.496 e. The van der Waals surface area contributed by atoms with Gasteiger partial charge in [-0.05, 0) is 31.7 Å². The molecule has 0 saturated heterocycles. The minimum atomic E-state index is -0.598. The molecule has 3 rings (SSSR count). The average molecular weight is 358 g/mol. The second-order valence-corrected chi connectivity index (χ2v) is 6.91. The highest BCUT2D eigenvalue weighted by Crippen LogP contribution is 2.33. The van der Waals surface area contributed by atoms with E-state index in [0.717, 1.165) is 18.4 Å². The van der Waals surface area contributed by atoms with Crippen LogP contribution in [0.2, 0.25) is 0 Å². The summed E-state index contributed by atoms with van der Waals surface area (Å²) in [5, 5.41) is 5.49. The van der Waals surface area contributed by atoms with E-state index in [1.165, 1.54) is 19.3 Å². The number of carbonyl (C=O) groups is 2. The molecule has 6 nitrogen and oxygen atoms in total. The molecule has 1 aliphatic carbocycles. The van der Waals surface area contributed by atoms with Crippen LogP contribution in [0.1, 0.15) is 50.6 Å². The summed E-state index contributed by atoms with van der Waals surface area (Å²) < 4.78 is 11.0. The van der Waals surface area contributed by atoms with Crippen LogP contribution in [0.4, 0.5) is 4.79 Å². The molecule has 2 N–H and O–H groups in total. The zero-order valence-corrected chi connectivity index (χ0v) is 15.3. The number of methoxy groups -OCH3 is 1. The number of hydrogen-bond donors (Lipinski definition) is 2. The maximum absolute atomic E-state index is 12.8. The predicted octanol–water partition coefficient (Wildman–Crippen LogP) is 3.45. The lowest BCUT2D eigenvalue weighted by atomic mass is 9.90. The molecule has 1 aliphatic heterocycles. The van der Waals surface area contributed by atoms with Crippen LogP contribution >= 0.6 is 0 Å². The van der Waals surface area contributed by atoms with Crippen molar-refractivity contribution in [3.63, 3.8) is 0 Å². The van der Waals surface area contributed by atoms with Gasteiger partial charge in [-0.15, -0.1) is 0 Å². The van der Waals surface area contributed by atoms with Gasteiger partial charge < -0.3 is 20.1 Å². The van der Waals surface area contributed by atoms with E-state index in [2.05, 4.69) is 10.6 Å². The molecular formula is C20H26N2O4. The zero-order valence-electron chi connectivity index (χ0n) is 15.3. The van der Waals surface area contributed by atoms with Crippen molar-refractivity contribution in [3.05, 3.63) is 41.1 Å². The molecule has 1 heterocycles. The van der Waals surface area contributed by atoms with Gasteiger partial charge in [0.25, 0.3) is 0 Å². The second kappa shape index (κ2) is 8.25. The Labute approximate surface area is 153 Å². The van der Waals surface area contributed by atoms with E-state index in [9.17, 15) is 9.59 Å². The molecule has 0 spiro atoms. The molecule has 0 bridgehead atoms. The van der Waals surface area contributed by atoms with E-state index in [4.69, 9.17) is 9.47 Å². The Kier molecular flexibility index (Phi) is 5.81. The van der Waals surface area contributed by atoms with Gasteiger partial charge in [-0.2, -0.15) is 0 Å². The number of urea groups is 1. The SMILES string of the molecule is COc1ccccc1[C@@H]1NC(=O)NC(C)=C1C(=O)OCC1CCCCC1. The van der Waals surface area contributed by atoms with E-state index in [1.54, 1.807) is 14.0 Å². The molecule has 2 aliphatic rings. The first kappa shape index (κ1) is 18.3. The first-order valence-corrected chi connectivity index (χ1v) is 9.18. The quantitative estimate of drug-likeness (QED) is 0.791. The van der Waals surface area contributed by atoms with Crippen molar-refractivity contribution in [3.8, 4) is 5.75 Å². The van der Waals surface area contributed by atoms with Gasteiger partial charge in [-0.25, -0.2) is 9.59 Å². The molecule has 1 atom stereocenters. The van der Waals surface area contributed by atoms with Crippen molar-refractivity contribution in [2.45, 2.75) is 45.1 Å². The molecule has 6 heteroatoms. The third kappa shape index (κ3) is 4.00. The fourth-order valence-electron chi connectivity index (χ4n) is 3.73. The summed E-state index contributed by atoms with van der Waals surface area (Å²) in [7, 11) is 1.57. The van der Waals surface area contributed by atoms with Gasteiger partial charge in [0.1, 0.15) is 5.75 Å². The van der Waals surface area contributed by atoms with Crippen LogP contribution in [0.25, 0.3) is 0 Å². The maximum atomic E-state index is 12.8. The summed E-state index contributed by atoms with van der Waals surface area (Å²) in [6, 6.07) is 6.41. The number of allylic oxidation sites excluding steroid dienone is 1. The summed E-state index contributed by atoms with van der Waals surface area (Å²) in [4.78, 5) is 24.8. The number of carbonyl (C=O) groups excluding carboxylic acids is 2. The Morgan fingerprint density at radius 1 is 1.19 bits per heavy atom. The third-order valence-electron chi connectivity index (χ3n) is 5.11. The van der Waals surface area contributed by atoms with Crippen molar-refractivity contribution in [1.82, 2.24) is 10.6 Å². The number of benzene rings is 1. The highest BCUT2D eigenvalue weighted by Gasteiger charge is 2.34. The van der Waals surface area contributed by atoms with Crippen LogP contribution in [0.15, 0.2) is 35.5 Å². The van der Waals surface area contributed by atoms with E-state index in [0.29, 0.717) is 29.5 Å². The fourth-order valence-corrected chi connectivity index (χ4v) is 3.73. The fraction of sp³-hybridized carbons (Fsp3) is 0.500. The van der Waals surface area contributed by atoms with Crippen LogP contribution in [0.3, 0.4) is 0 Å². The lowest BCUT2D eigenvalue weighted by Gasteiger charge is -2.29. The topological polar surface area (TPSA) is 76.7 Å². The normalized spacial score (nSPS) is 21.0. The minimum Gasteiger partial charge on any atom is -0.496 e. The molecule has 1 saturated carbocycles. The Bertz CT molecular complexity index is 708. The predicted molar refractivity (Wildman–Crippen MR) is 97.6 cm³/mol. The molecule has 140 valence electrons. The molecule has 1 aromatic carbocycles. The first-order valence-electron chi connectivity index (χ1n) is 9.18. The average Bonchev–Trinajstić information content (AvgIpc) is 2.66. The van der Waals surface area contributed by atoms with Crippen molar-refractivity contribution in [2.75, 3.05) is 13.7 Å². The summed E-state index contributed by atoms with van der Waals surface area (Å²) in [6.07, 6.45) is 5.88. The van der Waals surface area contributed by atoms with Gasteiger partial charge in [0, 0.05) is 11.3 Å². The van der Waals surface area contributed by atoms with Gasteiger partial charge in [0.2, 0.25) is 0 Å². The lowest BCUT2D eigenvalue weighted by Crippen LogP contribution is -2.45. The Balaban J connectivity index is 1.82. The molecule has 1 fully saturated rings. The maximum Gasteiger partial charge on any atom is 0.338 e. The van der Waals surface area contributed by atoms with Crippen LogP contribution in [-0.4, -0.2) is 25.7 Å². The van der Waals surface area contributed by atoms with Crippen molar-refractivity contribution < 1.29 is 19.1 Å². The summed E-state index contributed by atoms with van der Waals surface area (Å²) >= 11 is 0. The Hall–Kier alpha value is -2.50. The molecule has 2 amide bonds. The molecule has 26 heavy (non-hydrogen) atoms. The van der Waals surface area contributed by atoms with Gasteiger partial charge in [-0.1, -0.05) is 37.5 Å². The van der Waals surface area contributed by atoms with Crippen LogP contribution in [-0.2, 0) is 9.53 Å². The van der Waals surface area contributed by atoms with E-state index >= 15 is 0 Å². The second-order valence-electron chi connectivity index (χ2n) is 6.91. The standard InChI is InChI=1S/C20H26N2O4/c1-13-17(19(23)26-12-14-8-4-3-5-9-14)18(22-20(24)21-13)15-10-6-7-11-16(15)25-2/h6-7,10-11,14,18H,3-5,8-9,12H2,1-2H3,(H2,21,22,24)/t18-/m0/s1. The number of nitrogens with one attached hydrogen (secondary N) is 2. The van der Waals surface area contributed by atoms with E-state index < -0.39 is 12.0 Å². The van der Waals surface area contributed by atoms with Crippen LogP contribution in [0.5, 0.6) is 5.75 Å². The summed E-state index contributed by atoms with van der Waals surface area (Å²) in [5.41, 5.74) is 1.66. The summed E-state index contributed by atoms with van der Waals surface area (Å²) in [5.74, 6) is 0.658. The monoisotopic (exact) mass is 358 g/mol. The van der Waals surface area contributed by atoms with E-state index in [1.807, 2.05) is 24.3 Å². The molecule has 0 radical (unpaired) electrons. The molecule has 0 unspecified atom stereocenters. The number of para-hydroxylation sites is 1. The van der Waals surface area contributed by atoms with Crippen molar-refractivity contribution in [2.24, 2.45) is 5.92 Å². The highest BCUT2D eigenvalue weighted by atomic mass is 16.5. The Morgan fingerprint density at radius 2 is 1.92 bits per heavy atom. The van der Waals surface area contributed by atoms with Gasteiger partial charge in [-0.3, -0.25) is 0 Å².